The molecule has 0 amide bonds. The molecule has 5 nitrogen and oxygen atoms in total. The van der Waals surface area contributed by atoms with Gasteiger partial charge in [-0.05, 0) is 47.0 Å². The van der Waals surface area contributed by atoms with Crippen LogP contribution in [0.3, 0.4) is 0 Å². The van der Waals surface area contributed by atoms with Gasteiger partial charge in [-0.15, -0.1) is 0 Å². The Morgan fingerprint density at radius 3 is 2.00 bits per heavy atom. The summed E-state index contributed by atoms with van der Waals surface area (Å²) in [7, 11) is 0. The molecule has 0 saturated carbocycles. The second kappa shape index (κ2) is 11.2. The Morgan fingerprint density at radius 1 is 0.703 bits per heavy atom. The van der Waals surface area contributed by atoms with Crippen LogP contribution in [0.1, 0.15) is 32.7 Å². The summed E-state index contributed by atoms with van der Waals surface area (Å²) in [6.45, 7) is 0.834. The van der Waals surface area contributed by atoms with Crippen LogP contribution in [0.25, 0.3) is 23.1 Å². The molecule has 1 heterocycles. The summed E-state index contributed by atoms with van der Waals surface area (Å²) in [5.41, 5.74) is 4.42. The molecule has 5 rings (SSSR count). The highest BCUT2D eigenvalue weighted by atomic mass is 16.5. The van der Waals surface area contributed by atoms with E-state index < -0.39 is 5.97 Å². The van der Waals surface area contributed by atoms with E-state index in [-0.39, 0.29) is 5.56 Å². The lowest BCUT2D eigenvalue weighted by Crippen LogP contribution is -2.01. The smallest absolute Gasteiger partial charge is 0.336 e. The first-order valence-electron chi connectivity index (χ1n) is 11.9. The van der Waals surface area contributed by atoms with Crippen LogP contribution in [0.4, 0.5) is 0 Å². The summed E-state index contributed by atoms with van der Waals surface area (Å²) in [5.74, 6) is 0.290. The van der Waals surface area contributed by atoms with Crippen LogP contribution in [0, 0.1) is 0 Å². The van der Waals surface area contributed by atoms with Crippen molar-refractivity contribution in [2.45, 2.75) is 13.2 Å². The van der Waals surface area contributed by atoms with Crippen molar-refractivity contribution in [3.63, 3.8) is 0 Å². The van der Waals surface area contributed by atoms with Gasteiger partial charge in [0.25, 0.3) is 0 Å². The number of aromatic nitrogens is 1. The van der Waals surface area contributed by atoms with Gasteiger partial charge in [0.05, 0.1) is 16.8 Å². The van der Waals surface area contributed by atoms with Crippen molar-refractivity contribution in [3.8, 4) is 11.5 Å². The first-order valence-corrected chi connectivity index (χ1v) is 11.9. The minimum Gasteiger partial charge on any atom is -0.485 e. The van der Waals surface area contributed by atoms with Crippen molar-refractivity contribution in [1.29, 1.82) is 0 Å². The normalized spacial score (nSPS) is 11.0. The maximum atomic E-state index is 11.8. The molecular weight excluding hydrogens is 462 g/mol. The SMILES string of the molecule is O=C(O)c1cc(C=Cc2ccc(OCc3ccccc3)c(OCc3ccccc3)c2)nc2ccccc12. The topological polar surface area (TPSA) is 68.7 Å². The van der Waals surface area contributed by atoms with Crippen molar-refractivity contribution in [1.82, 2.24) is 4.98 Å². The largest absolute Gasteiger partial charge is 0.485 e. The summed E-state index contributed by atoms with van der Waals surface area (Å²) in [4.78, 5) is 16.4. The Bertz CT molecular complexity index is 1550. The molecule has 37 heavy (non-hydrogen) atoms. The number of aromatic carboxylic acids is 1. The number of rotatable bonds is 9. The zero-order chi connectivity index (χ0) is 25.5. The highest BCUT2D eigenvalue weighted by molar-refractivity contribution is 6.03. The zero-order valence-corrected chi connectivity index (χ0v) is 20.1. The Kier molecular flexibility index (Phi) is 7.23. The molecule has 0 atom stereocenters. The number of hydrogen-bond donors (Lipinski definition) is 1. The highest BCUT2D eigenvalue weighted by Gasteiger charge is 2.11. The van der Waals surface area contributed by atoms with Gasteiger partial charge in [0.15, 0.2) is 11.5 Å². The molecule has 1 aromatic heterocycles. The van der Waals surface area contributed by atoms with Gasteiger partial charge in [-0.3, -0.25) is 0 Å². The van der Waals surface area contributed by atoms with Crippen molar-refractivity contribution in [2.24, 2.45) is 0 Å². The second-order valence-electron chi connectivity index (χ2n) is 8.51. The molecule has 1 N–H and O–H groups in total. The van der Waals surface area contributed by atoms with Gasteiger partial charge in [0, 0.05) is 5.39 Å². The van der Waals surface area contributed by atoms with Crippen LogP contribution in [-0.2, 0) is 13.2 Å². The fraction of sp³-hybridized carbons (Fsp3) is 0.0625. The zero-order valence-electron chi connectivity index (χ0n) is 20.1. The number of carboxylic acids is 1. The minimum absolute atomic E-state index is 0.224. The summed E-state index contributed by atoms with van der Waals surface area (Å²) in [6.07, 6.45) is 3.69. The van der Waals surface area contributed by atoms with Crippen LogP contribution >= 0.6 is 0 Å². The molecule has 0 aliphatic heterocycles. The summed E-state index contributed by atoms with van der Waals surface area (Å²) in [5, 5.41) is 10.3. The standard InChI is InChI=1S/C32H25NO4/c34-32(35)28-20-26(33-29-14-8-7-13-27(28)29)17-15-23-16-18-30(36-21-24-9-3-1-4-10-24)31(19-23)37-22-25-11-5-2-6-12-25/h1-20H,21-22H2,(H,34,35). The molecular formula is C32H25NO4. The molecule has 0 aliphatic carbocycles. The molecule has 0 radical (unpaired) electrons. The van der Waals surface area contributed by atoms with E-state index in [9.17, 15) is 9.90 Å². The van der Waals surface area contributed by atoms with Crippen LogP contribution < -0.4 is 9.47 Å². The first-order chi connectivity index (χ1) is 18.2. The maximum absolute atomic E-state index is 11.8. The van der Waals surface area contributed by atoms with E-state index in [0.29, 0.717) is 41.3 Å². The van der Waals surface area contributed by atoms with E-state index in [0.717, 1.165) is 16.7 Å². The number of ether oxygens (including phenoxy) is 2. The average Bonchev–Trinajstić information content (AvgIpc) is 2.95. The number of nitrogens with zero attached hydrogens (tertiary/aromatic N) is 1. The number of carboxylic acid groups (broad SMARTS) is 1. The van der Waals surface area contributed by atoms with Crippen molar-refractivity contribution in [3.05, 3.63) is 137 Å². The van der Waals surface area contributed by atoms with E-state index in [4.69, 9.17) is 9.47 Å². The van der Waals surface area contributed by atoms with E-state index in [2.05, 4.69) is 4.98 Å². The third kappa shape index (κ3) is 6.03. The molecule has 0 aliphatic rings. The molecule has 0 spiro atoms. The number of hydrogen-bond acceptors (Lipinski definition) is 4. The van der Waals surface area contributed by atoms with E-state index in [1.165, 1.54) is 0 Å². The number of para-hydroxylation sites is 1. The molecule has 5 aromatic rings. The van der Waals surface area contributed by atoms with Crippen molar-refractivity contribution < 1.29 is 19.4 Å². The third-order valence-corrected chi connectivity index (χ3v) is 5.86. The van der Waals surface area contributed by atoms with Crippen LogP contribution in [0.2, 0.25) is 0 Å². The fourth-order valence-electron chi connectivity index (χ4n) is 3.97. The predicted octanol–water partition coefficient (Wildman–Crippen LogP) is 7.26. The summed E-state index contributed by atoms with van der Waals surface area (Å²) >= 11 is 0. The Balaban J connectivity index is 1.42. The molecule has 0 fully saturated rings. The summed E-state index contributed by atoms with van der Waals surface area (Å²) in [6, 6.07) is 34.5. The Hall–Kier alpha value is -4.90. The van der Waals surface area contributed by atoms with Gasteiger partial charge in [-0.2, -0.15) is 0 Å². The van der Waals surface area contributed by atoms with Crippen molar-refractivity contribution in [2.75, 3.05) is 0 Å². The molecule has 0 saturated heterocycles. The van der Waals surface area contributed by atoms with Crippen LogP contribution in [-0.4, -0.2) is 16.1 Å². The number of pyridine rings is 1. The Labute approximate surface area is 215 Å². The predicted molar refractivity (Wildman–Crippen MR) is 146 cm³/mol. The quantitative estimate of drug-likeness (QED) is 0.237. The van der Waals surface area contributed by atoms with Crippen LogP contribution in [0.5, 0.6) is 11.5 Å². The number of fused-ring (bicyclic) bond motifs is 1. The van der Waals surface area contributed by atoms with Crippen molar-refractivity contribution >= 4 is 29.0 Å². The second-order valence-corrected chi connectivity index (χ2v) is 8.51. The highest BCUT2D eigenvalue weighted by Crippen LogP contribution is 2.31. The molecule has 0 unspecified atom stereocenters. The van der Waals surface area contributed by atoms with Gasteiger partial charge < -0.3 is 14.6 Å². The van der Waals surface area contributed by atoms with Gasteiger partial charge in [0.1, 0.15) is 13.2 Å². The number of carbonyl (C=O) groups is 1. The monoisotopic (exact) mass is 487 g/mol. The first kappa shape index (κ1) is 23.8. The van der Waals surface area contributed by atoms with Gasteiger partial charge in [-0.1, -0.05) is 91.0 Å². The lowest BCUT2D eigenvalue weighted by molar-refractivity contribution is 0.0699. The van der Waals surface area contributed by atoms with Gasteiger partial charge >= 0.3 is 5.97 Å². The van der Waals surface area contributed by atoms with E-state index in [1.54, 1.807) is 18.2 Å². The van der Waals surface area contributed by atoms with E-state index >= 15 is 0 Å². The lowest BCUT2D eigenvalue weighted by Gasteiger charge is -2.14. The molecule has 5 heteroatoms. The fourth-order valence-corrected chi connectivity index (χ4v) is 3.97. The lowest BCUT2D eigenvalue weighted by atomic mass is 10.1. The van der Waals surface area contributed by atoms with E-state index in [1.807, 2.05) is 103 Å². The summed E-state index contributed by atoms with van der Waals surface area (Å²) < 4.78 is 12.3. The number of benzene rings is 4. The molecule has 4 aromatic carbocycles. The molecule has 182 valence electrons. The minimum atomic E-state index is -0.982. The van der Waals surface area contributed by atoms with Gasteiger partial charge in [-0.25, -0.2) is 9.78 Å². The third-order valence-electron chi connectivity index (χ3n) is 5.86. The molecule has 0 bridgehead atoms. The average molecular weight is 488 g/mol. The van der Waals surface area contributed by atoms with Crippen LogP contribution in [0.15, 0.2) is 109 Å². The maximum Gasteiger partial charge on any atom is 0.336 e. The van der Waals surface area contributed by atoms with Gasteiger partial charge in [0.2, 0.25) is 0 Å². The Morgan fingerprint density at radius 2 is 1.32 bits per heavy atom.